The summed E-state index contributed by atoms with van der Waals surface area (Å²) in [6.45, 7) is 3.91. The minimum absolute atomic E-state index is 0.00882. The van der Waals surface area contributed by atoms with E-state index in [1.165, 1.54) is 4.88 Å². The molecule has 1 aromatic rings. The van der Waals surface area contributed by atoms with Crippen LogP contribution in [-0.2, 0) is 4.79 Å². The van der Waals surface area contributed by atoms with Gasteiger partial charge in [-0.2, -0.15) is 0 Å². The maximum Gasteiger partial charge on any atom is 0.236 e. The van der Waals surface area contributed by atoms with Crippen LogP contribution in [-0.4, -0.2) is 19.0 Å². The Morgan fingerprint density at radius 3 is 2.67 bits per heavy atom. The molecule has 3 nitrogen and oxygen atoms in total. The van der Waals surface area contributed by atoms with E-state index in [9.17, 15) is 4.79 Å². The van der Waals surface area contributed by atoms with Crippen molar-refractivity contribution < 1.29 is 4.79 Å². The van der Waals surface area contributed by atoms with E-state index in [-0.39, 0.29) is 18.0 Å². The van der Waals surface area contributed by atoms with Crippen molar-refractivity contribution in [3.05, 3.63) is 20.8 Å². The summed E-state index contributed by atoms with van der Waals surface area (Å²) < 4.78 is 1.09. The summed E-state index contributed by atoms with van der Waals surface area (Å²) in [7, 11) is 1.65. The van der Waals surface area contributed by atoms with Gasteiger partial charge >= 0.3 is 0 Å². The summed E-state index contributed by atoms with van der Waals surface area (Å²) in [5, 5.41) is 7.89. The number of amides is 1. The highest BCUT2D eigenvalue weighted by Gasteiger charge is 2.17. The number of nitrogens with one attached hydrogen (secondary N) is 2. The van der Waals surface area contributed by atoms with Crippen molar-refractivity contribution in [1.82, 2.24) is 10.6 Å². The van der Waals surface area contributed by atoms with Gasteiger partial charge in [0.1, 0.15) is 0 Å². The minimum Gasteiger partial charge on any atom is -0.358 e. The maximum absolute atomic E-state index is 11.3. The lowest BCUT2D eigenvalue weighted by atomic mass is 10.2. The van der Waals surface area contributed by atoms with Gasteiger partial charge in [-0.15, -0.1) is 11.3 Å². The van der Waals surface area contributed by atoms with Crippen LogP contribution in [0.2, 0.25) is 0 Å². The second-order valence-electron chi connectivity index (χ2n) is 3.36. The van der Waals surface area contributed by atoms with Crippen LogP contribution in [0.1, 0.15) is 24.8 Å². The normalized spacial score (nSPS) is 14.7. The van der Waals surface area contributed by atoms with Crippen LogP contribution in [0, 0.1) is 0 Å². The summed E-state index contributed by atoms with van der Waals surface area (Å²) >= 11 is 5.16. The zero-order valence-electron chi connectivity index (χ0n) is 9.00. The predicted octanol–water partition coefficient (Wildman–Crippen LogP) is 2.30. The average Bonchev–Trinajstić information content (AvgIpc) is 2.63. The summed E-state index contributed by atoms with van der Waals surface area (Å²) in [4.78, 5) is 12.5. The Kier molecular flexibility index (Phi) is 4.76. The van der Waals surface area contributed by atoms with Crippen LogP contribution in [0.3, 0.4) is 0 Å². The van der Waals surface area contributed by atoms with Crippen LogP contribution in [0.4, 0.5) is 0 Å². The Hall–Kier alpha value is -0.390. The quantitative estimate of drug-likeness (QED) is 0.893. The first-order valence-electron chi connectivity index (χ1n) is 4.76. The highest BCUT2D eigenvalue weighted by Crippen LogP contribution is 2.28. The van der Waals surface area contributed by atoms with Crippen LogP contribution >= 0.6 is 27.3 Å². The molecule has 0 spiro atoms. The van der Waals surface area contributed by atoms with Crippen molar-refractivity contribution in [3.63, 3.8) is 0 Å². The van der Waals surface area contributed by atoms with E-state index in [2.05, 4.69) is 33.5 Å². The monoisotopic (exact) mass is 290 g/mol. The molecule has 0 fully saturated rings. The molecule has 0 bridgehead atoms. The zero-order valence-corrected chi connectivity index (χ0v) is 11.4. The van der Waals surface area contributed by atoms with Crippen LogP contribution < -0.4 is 10.6 Å². The molecular formula is C10H15BrN2OS. The average molecular weight is 291 g/mol. The van der Waals surface area contributed by atoms with Crippen LogP contribution in [0.5, 0.6) is 0 Å². The summed E-state index contributed by atoms with van der Waals surface area (Å²) in [6, 6.07) is 2.01. The molecular weight excluding hydrogens is 276 g/mol. The van der Waals surface area contributed by atoms with Gasteiger partial charge in [0.05, 0.1) is 6.04 Å². The fourth-order valence-corrected chi connectivity index (χ4v) is 3.09. The van der Waals surface area contributed by atoms with Gasteiger partial charge in [0.15, 0.2) is 0 Å². The van der Waals surface area contributed by atoms with Gasteiger partial charge in [-0.05, 0) is 41.2 Å². The Morgan fingerprint density at radius 1 is 1.53 bits per heavy atom. The van der Waals surface area contributed by atoms with Crippen molar-refractivity contribution >= 4 is 33.2 Å². The Morgan fingerprint density at radius 2 is 2.20 bits per heavy atom. The van der Waals surface area contributed by atoms with E-state index in [1.54, 1.807) is 18.4 Å². The molecule has 0 saturated heterocycles. The number of hydrogen-bond donors (Lipinski definition) is 2. The molecule has 15 heavy (non-hydrogen) atoms. The number of carbonyl (C=O) groups excluding carboxylic acids is 1. The fraction of sp³-hybridized carbons (Fsp3) is 0.500. The molecule has 0 aliphatic rings. The van der Waals surface area contributed by atoms with Crippen LogP contribution in [0.15, 0.2) is 15.9 Å². The first kappa shape index (κ1) is 12.7. The number of halogens is 1. The highest BCUT2D eigenvalue weighted by molar-refractivity contribution is 9.10. The molecule has 0 radical (unpaired) electrons. The molecule has 0 aromatic carbocycles. The van der Waals surface area contributed by atoms with Crippen molar-refractivity contribution in [2.45, 2.75) is 25.9 Å². The van der Waals surface area contributed by atoms with Gasteiger partial charge in [0.2, 0.25) is 5.91 Å². The molecule has 1 rings (SSSR count). The largest absolute Gasteiger partial charge is 0.358 e. The number of thiophene rings is 1. The van der Waals surface area contributed by atoms with Crippen molar-refractivity contribution in [2.24, 2.45) is 0 Å². The summed E-state index contributed by atoms with van der Waals surface area (Å²) in [5.74, 6) is 0.00882. The second-order valence-corrected chi connectivity index (χ2v) is 5.16. The van der Waals surface area contributed by atoms with E-state index in [4.69, 9.17) is 0 Å². The molecule has 1 aromatic heterocycles. The fourth-order valence-electron chi connectivity index (χ4n) is 1.36. The third-order valence-corrected chi connectivity index (χ3v) is 4.23. The minimum atomic E-state index is -0.181. The van der Waals surface area contributed by atoms with Gasteiger partial charge in [0.25, 0.3) is 0 Å². The highest BCUT2D eigenvalue weighted by atomic mass is 79.9. The summed E-state index contributed by atoms with van der Waals surface area (Å²) in [6.07, 6.45) is 0. The molecule has 0 saturated carbocycles. The molecule has 5 heteroatoms. The van der Waals surface area contributed by atoms with Gasteiger partial charge in [-0.3, -0.25) is 10.1 Å². The number of likely N-dealkylation sites (N-methyl/N-ethyl adjacent to an activating group) is 1. The summed E-state index contributed by atoms with van der Waals surface area (Å²) in [5.41, 5.74) is 0. The second kappa shape index (κ2) is 5.63. The molecule has 84 valence electrons. The zero-order chi connectivity index (χ0) is 11.4. The molecule has 0 aliphatic heterocycles. The Bertz CT molecular complexity index is 340. The first-order valence-corrected chi connectivity index (χ1v) is 6.44. The predicted molar refractivity (Wildman–Crippen MR) is 67.1 cm³/mol. The number of hydrogen-bond acceptors (Lipinski definition) is 3. The van der Waals surface area contributed by atoms with Gasteiger partial charge in [0, 0.05) is 22.4 Å². The van der Waals surface area contributed by atoms with Crippen LogP contribution in [0.25, 0.3) is 0 Å². The van der Waals surface area contributed by atoms with E-state index in [0.717, 1.165) is 4.47 Å². The standard InChI is InChI=1S/C10H15BrN2OS/c1-6(9-8(11)4-5-15-9)13-7(2)10(14)12-3/h4-7,13H,1-3H3,(H,12,14)/t6?,7-/m1/s1. The van der Waals surface area contributed by atoms with Crippen molar-refractivity contribution in [2.75, 3.05) is 7.05 Å². The lowest BCUT2D eigenvalue weighted by Crippen LogP contribution is -2.41. The Balaban J connectivity index is 2.60. The van der Waals surface area contributed by atoms with E-state index in [0.29, 0.717) is 0 Å². The lowest BCUT2D eigenvalue weighted by Gasteiger charge is -2.18. The SMILES string of the molecule is CNC(=O)[C@@H](C)NC(C)c1sccc1Br. The van der Waals surface area contributed by atoms with Gasteiger partial charge in [-0.1, -0.05) is 0 Å². The smallest absolute Gasteiger partial charge is 0.236 e. The molecule has 2 atom stereocenters. The van der Waals surface area contributed by atoms with E-state index in [1.807, 2.05) is 18.4 Å². The van der Waals surface area contributed by atoms with Crippen molar-refractivity contribution in [3.8, 4) is 0 Å². The number of rotatable bonds is 4. The van der Waals surface area contributed by atoms with E-state index < -0.39 is 0 Å². The third kappa shape index (κ3) is 3.29. The maximum atomic E-state index is 11.3. The Labute approximate surface area is 102 Å². The molecule has 2 N–H and O–H groups in total. The van der Waals surface area contributed by atoms with Gasteiger partial charge in [-0.25, -0.2) is 0 Å². The third-order valence-electron chi connectivity index (χ3n) is 2.18. The topological polar surface area (TPSA) is 41.1 Å². The molecule has 0 aliphatic carbocycles. The van der Waals surface area contributed by atoms with Gasteiger partial charge < -0.3 is 5.32 Å². The molecule has 1 unspecified atom stereocenters. The van der Waals surface area contributed by atoms with Crippen molar-refractivity contribution in [1.29, 1.82) is 0 Å². The van der Waals surface area contributed by atoms with E-state index >= 15 is 0 Å². The molecule has 1 amide bonds. The lowest BCUT2D eigenvalue weighted by molar-refractivity contribution is -0.122. The number of carbonyl (C=O) groups is 1. The molecule has 1 heterocycles. The first-order chi connectivity index (χ1) is 7.06.